The molecule has 1 aromatic carbocycles. The van der Waals surface area contributed by atoms with Crippen LogP contribution in [0.15, 0.2) is 24.3 Å². The maximum absolute atomic E-state index is 12.6. The number of hydrogen-bond acceptors (Lipinski definition) is 5. The number of hydrogen-bond donors (Lipinski definition) is 1. The molecule has 2 fully saturated rings. The number of amides is 3. The average molecular weight is 387 g/mol. The van der Waals surface area contributed by atoms with Crippen LogP contribution >= 0.6 is 11.6 Å². The molecule has 1 saturated carbocycles. The molecule has 0 aromatic heterocycles. The number of halogens is 1. The second kappa shape index (κ2) is 6.84. The van der Waals surface area contributed by atoms with Crippen LogP contribution < -0.4 is 9.50 Å². The van der Waals surface area contributed by atoms with E-state index < -0.39 is 27.4 Å². The van der Waals surface area contributed by atoms with Crippen molar-refractivity contribution in [2.75, 3.05) is 12.3 Å². The minimum absolute atomic E-state index is 0.130. The summed E-state index contributed by atoms with van der Waals surface area (Å²) in [5, 5.41) is 3.21. The maximum atomic E-state index is 12.6. The van der Waals surface area contributed by atoms with E-state index in [1.807, 2.05) is 0 Å². The molecule has 0 radical (unpaired) electrons. The van der Waals surface area contributed by atoms with Crippen LogP contribution in [0.25, 0.3) is 0 Å². The first-order chi connectivity index (χ1) is 11.8. The summed E-state index contributed by atoms with van der Waals surface area (Å²) in [6.07, 6.45) is 3.98. The highest BCUT2D eigenvalue weighted by molar-refractivity contribution is 7.87. The molecule has 136 valence electrons. The number of carbonyl (C=O) groups is 2. The summed E-state index contributed by atoms with van der Waals surface area (Å²) in [5.41, 5.74) is -0.851. The quantitative estimate of drug-likeness (QED) is 0.619. The Morgan fingerprint density at radius 3 is 2.40 bits per heavy atom. The highest BCUT2D eigenvalue weighted by Gasteiger charge is 2.51. The Bertz CT molecular complexity index is 772. The number of nitrogens with one attached hydrogen (secondary N) is 1. The predicted octanol–water partition coefficient (Wildman–Crippen LogP) is 2.30. The van der Waals surface area contributed by atoms with Crippen molar-refractivity contribution in [3.63, 3.8) is 0 Å². The zero-order valence-corrected chi connectivity index (χ0v) is 15.1. The molecule has 1 saturated heterocycles. The van der Waals surface area contributed by atoms with Gasteiger partial charge in [0.25, 0.3) is 5.91 Å². The molecule has 7 nitrogen and oxygen atoms in total. The van der Waals surface area contributed by atoms with E-state index in [1.54, 1.807) is 0 Å². The molecule has 1 heterocycles. The van der Waals surface area contributed by atoms with Crippen molar-refractivity contribution in [2.45, 2.75) is 37.6 Å². The van der Waals surface area contributed by atoms with Gasteiger partial charge < -0.3 is 9.50 Å². The lowest BCUT2D eigenvalue weighted by molar-refractivity contribution is -0.132. The molecular formula is C16H19ClN2O5S. The maximum Gasteiger partial charge on any atom is 0.325 e. The predicted molar refractivity (Wildman–Crippen MR) is 91.9 cm³/mol. The third-order valence-electron chi connectivity index (χ3n) is 4.55. The average Bonchev–Trinajstić information content (AvgIpc) is 2.79. The molecule has 0 unspecified atom stereocenters. The van der Waals surface area contributed by atoms with Crippen molar-refractivity contribution < 1.29 is 22.2 Å². The van der Waals surface area contributed by atoms with Gasteiger partial charge in [0.05, 0.1) is 0 Å². The largest absolute Gasteiger partial charge is 0.382 e. The van der Waals surface area contributed by atoms with E-state index in [4.69, 9.17) is 15.8 Å². The van der Waals surface area contributed by atoms with Gasteiger partial charge in [0.1, 0.15) is 17.0 Å². The van der Waals surface area contributed by atoms with Gasteiger partial charge in [0.2, 0.25) is 0 Å². The lowest BCUT2D eigenvalue weighted by atomic mass is 9.82. The summed E-state index contributed by atoms with van der Waals surface area (Å²) < 4.78 is 29.2. The van der Waals surface area contributed by atoms with Gasteiger partial charge in [-0.3, -0.25) is 9.69 Å². The molecule has 2 aliphatic rings. The molecule has 1 spiro atoms. The van der Waals surface area contributed by atoms with E-state index in [0.717, 1.165) is 24.2 Å². The summed E-state index contributed by atoms with van der Waals surface area (Å²) in [6, 6.07) is 5.36. The van der Waals surface area contributed by atoms with Crippen molar-refractivity contribution in [3.8, 4) is 5.75 Å². The topological polar surface area (TPSA) is 92.8 Å². The first-order valence-corrected chi connectivity index (χ1v) is 10.1. The van der Waals surface area contributed by atoms with Gasteiger partial charge in [-0.2, -0.15) is 8.42 Å². The van der Waals surface area contributed by atoms with Gasteiger partial charge in [0, 0.05) is 11.6 Å². The fraction of sp³-hybridized carbons (Fsp3) is 0.500. The SMILES string of the molecule is O=C1NC2(CCCCC2)C(=O)N1CCS(=O)(=O)Oc1ccc(Cl)cc1. The number of benzene rings is 1. The number of carbonyl (C=O) groups excluding carboxylic acids is 2. The van der Waals surface area contributed by atoms with Crippen LogP contribution in [0.1, 0.15) is 32.1 Å². The summed E-state index contributed by atoms with van der Waals surface area (Å²) in [7, 11) is -3.94. The fourth-order valence-electron chi connectivity index (χ4n) is 3.26. The smallest absolute Gasteiger partial charge is 0.325 e. The number of rotatable bonds is 5. The molecule has 3 rings (SSSR count). The Morgan fingerprint density at radius 2 is 1.76 bits per heavy atom. The van der Waals surface area contributed by atoms with E-state index in [0.29, 0.717) is 17.9 Å². The van der Waals surface area contributed by atoms with Gasteiger partial charge >= 0.3 is 16.1 Å². The first kappa shape index (κ1) is 18.0. The van der Waals surface area contributed by atoms with Crippen molar-refractivity contribution in [2.24, 2.45) is 0 Å². The van der Waals surface area contributed by atoms with Gasteiger partial charge in [-0.15, -0.1) is 0 Å². The fourth-order valence-corrected chi connectivity index (χ4v) is 4.27. The summed E-state index contributed by atoms with van der Waals surface area (Å²) in [4.78, 5) is 25.7. The van der Waals surface area contributed by atoms with Crippen molar-refractivity contribution >= 4 is 33.7 Å². The third-order valence-corrected chi connectivity index (χ3v) is 5.94. The highest BCUT2D eigenvalue weighted by atomic mass is 35.5. The molecule has 0 atom stereocenters. The van der Waals surface area contributed by atoms with E-state index in [-0.39, 0.29) is 18.2 Å². The minimum atomic E-state index is -3.94. The monoisotopic (exact) mass is 386 g/mol. The van der Waals surface area contributed by atoms with Gasteiger partial charge in [-0.1, -0.05) is 30.9 Å². The van der Waals surface area contributed by atoms with E-state index in [2.05, 4.69) is 5.32 Å². The normalized spacial score (nSPS) is 20.0. The lowest BCUT2D eigenvalue weighted by Crippen LogP contribution is -2.48. The van der Waals surface area contributed by atoms with Crippen LogP contribution in [-0.2, 0) is 14.9 Å². The Hall–Kier alpha value is -1.80. The molecular weight excluding hydrogens is 368 g/mol. The zero-order chi connectivity index (χ0) is 18.1. The van der Waals surface area contributed by atoms with Gasteiger partial charge in [0.15, 0.2) is 0 Å². The lowest BCUT2D eigenvalue weighted by Gasteiger charge is -2.30. The Labute approximate surface area is 151 Å². The number of urea groups is 1. The Kier molecular flexibility index (Phi) is 4.92. The molecule has 3 amide bonds. The van der Waals surface area contributed by atoms with Crippen LogP contribution in [-0.4, -0.2) is 43.1 Å². The van der Waals surface area contributed by atoms with E-state index in [1.165, 1.54) is 24.3 Å². The van der Waals surface area contributed by atoms with Gasteiger partial charge in [-0.25, -0.2) is 4.79 Å². The van der Waals surface area contributed by atoms with Crippen LogP contribution in [0.5, 0.6) is 5.75 Å². The third kappa shape index (κ3) is 3.90. The Morgan fingerprint density at radius 1 is 1.12 bits per heavy atom. The van der Waals surface area contributed by atoms with Crippen LogP contribution in [0.4, 0.5) is 4.79 Å². The molecule has 0 bridgehead atoms. The summed E-state index contributed by atoms with van der Waals surface area (Å²) >= 11 is 5.74. The standard InChI is InChI=1S/C16H19ClN2O5S/c17-12-4-6-13(7-5-12)24-25(22,23)11-10-19-14(20)16(18-15(19)21)8-2-1-3-9-16/h4-7H,1-3,8-11H2,(H,18,21). The van der Waals surface area contributed by atoms with E-state index >= 15 is 0 Å². The molecule has 1 aliphatic carbocycles. The molecule has 1 aliphatic heterocycles. The van der Waals surface area contributed by atoms with Crippen molar-refractivity contribution in [1.29, 1.82) is 0 Å². The number of nitrogens with zero attached hydrogens (tertiary/aromatic N) is 1. The second-order valence-electron chi connectivity index (χ2n) is 6.33. The summed E-state index contributed by atoms with van der Waals surface area (Å²) in [5.74, 6) is -0.672. The van der Waals surface area contributed by atoms with Crippen molar-refractivity contribution in [3.05, 3.63) is 29.3 Å². The van der Waals surface area contributed by atoms with Crippen LogP contribution in [0, 0.1) is 0 Å². The molecule has 25 heavy (non-hydrogen) atoms. The first-order valence-electron chi connectivity index (χ1n) is 8.13. The van der Waals surface area contributed by atoms with Crippen molar-refractivity contribution in [1.82, 2.24) is 10.2 Å². The number of imide groups is 1. The van der Waals surface area contributed by atoms with E-state index in [9.17, 15) is 18.0 Å². The van der Waals surface area contributed by atoms with Gasteiger partial charge in [-0.05, 0) is 37.1 Å². The van der Waals surface area contributed by atoms with Crippen LogP contribution in [0.2, 0.25) is 5.02 Å². The second-order valence-corrected chi connectivity index (χ2v) is 8.46. The molecule has 9 heteroatoms. The summed E-state index contributed by atoms with van der Waals surface area (Å²) in [6.45, 7) is -0.234. The highest BCUT2D eigenvalue weighted by Crippen LogP contribution is 2.33. The zero-order valence-electron chi connectivity index (χ0n) is 13.5. The molecule has 1 N–H and O–H groups in total. The molecule has 1 aromatic rings. The van der Waals surface area contributed by atoms with Crippen LogP contribution in [0.3, 0.4) is 0 Å². The Balaban J connectivity index is 1.63. The minimum Gasteiger partial charge on any atom is -0.382 e.